The zero-order chi connectivity index (χ0) is 27.0. The van der Waals surface area contributed by atoms with Gasteiger partial charge in [0.2, 0.25) is 5.69 Å². The average molecular weight is 553 g/mol. The molecular weight excluding hydrogens is 531 g/mol. The van der Waals surface area contributed by atoms with Crippen LogP contribution < -0.4 is 15.3 Å². The Labute approximate surface area is 218 Å². The molecule has 0 saturated heterocycles. The Bertz CT molecular complexity index is 1480. The van der Waals surface area contributed by atoms with Crippen molar-refractivity contribution in [3.8, 4) is 5.82 Å². The second-order valence-electron chi connectivity index (χ2n) is 8.74. The summed E-state index contributed by atoms with van der Waals surface area (Å²) in [6.07, 6.45) is -0.0207. The van der Waals surface area contributed by atoms with E-state index in [0.717, 1.165) is 4.68 Å². The Hall–Kier alpha value is -3.58. The maximum atomic E-state index is 13.5. The number of thioether (sulfide) groups is 1. The predicted molar refractivity (Wildman–Crippen MR) is 134 cm³/mol. The molecule has 4 rings (SSSR count). The molecule has 0 radical (unpaired) electrons. The van der Waals surface area contributed by atoms with Crippen molar-refractivity contribution >= 4 is 51.8 Å². The summed E-state index contributed by atoms with van der Waals surface area (Å²) in [6.45, 7) is 3.70. The minimum atomic E-state index is -4.77. The van der Waals surface area contributed by atoms with Crippen molar-refractivity contribution in [1.82, 2.24) is 25.6 Å². The fourth-order valence-electron chi connectivity index (χ4n) is 3.74. The molecule has 1 aromatic carbocycles. The minimum absolute atomic E-state index is 0.0205. The average Bonchev–Trinajstić information content (AvgIpc) is 3.46. The number of fused-ring (bicyclic) bond motifs is 1. The van der Waals surface area contributed by atoms with Gasteiger partial charge in [-0.25, -0.2) is 5.10 Å². The molecule has 0 saturated carbocycles. The molecule has 0 spiro atoms. The molecule has 9 nitrogen and oxygen atoms in total. The van der Waals surface area contributed by atoms with Crippen LogP contribution in [0.5, 0.6) is 0 Å². The van der Waals surface area contributed by atoms with Gasteiger partial charge in [-0.2, -0.15) is 30.0 Å². The zero-order valence-electron chi connectivity index (χ0n) is 19.8. The van der Waals surface area contributed by atoms with Crippen LogP contribution >= 0.6 is 23.4 Å². The Kier molecular flexibility index (Phi) is 7.20. The number of alkyl halides is 3. The van der Waals surface area contributed by atoms with E-state index in [2.05, 4.69) is 30.9 Å². The van der Waals surface area contributed by atoms with E-state index in [1.54, 1.807) is 17.8 Å². The lowest BCUT2D eigenvalue weighted by molar-refractivity contribution is -0.661. The third-order valence-corrected chi connectivity index (χ3v) is 6.60. The maximum Gasteiger partial charge on any atom is 0.434 e. The fourth-order valence-corrected chi connectivity index (χ4v) is 4.74. The van der Waals surface area contributed by atoms with Crippen LogP contribution in [0.2, 0.25) is 5.02 Å². The third-order valence-electron chi connectivity index (χ3n) is 5.29. The smallest absolute Gasteiger partial charge is 0.346 e. The number of benzene rings is 1. The largest absolute Gasteiger partial charge is 0.434 e. The SMILES string of the molecule is CSCC(C)(C)NC(=O)c1c(NC(=O)c2cc(C(F)(F)F)[nH][n+]2-c2ncccc2Cl)ccc2cn[nH]c12. The summed E-state index contributed by atoms with van der Waals surface area (Å²) in [5.41, 5.74) is -1.66. The number of nitrogens with one attached hydrogen (secondary N) is 4. The summed E-state index contributed by atoms with van der Waals surface area (Å²) in [4.78, 5) is 30.7. The highest BCUT2D eigenvalue weighted by molar-refractivity contribution is 7.98. The highest BCUT2D eigenvalue weighted by Crippen LogP contribution is 2.29. The number of nitrogens with zero attached hydrogens (tertiary/aromatic N) is 3. The van der Waals surface area contributed by atoms with Crippen molar-refractivity contribution in [3.05, 3.63) is 64.7 Å². The Morgan fingerprint density at radius 2 is 1.95 bits per heavy atom. The first-order valence-corrected chi connectivity index (χ1v) is 12.6. The molecule has 3 aromatic heterocycles. The van der Waals surface area contributed by atoms with Crippen LogP contribution in [-0.2, 0) is 6.18 Å². The van der Waals surface area contributed by atoms with Crippen molar-refractivity contribution in [1.29, 1.82) is 0 Å². The fraction of sp³-hybridized carbons (Fsp3) is 0.261. The van der Waals surface area contributed by atoms with Gasteiger partial charge in [0.1, 0.15) is 11.2 Å². The first-order chi connectivity index (χ1) is 17.4. The minimum Gasteiger partial charge on any atom is -0.346 e. The van der Waals surface area contributed by atoms with Crippen LogP contribution in [0.1, 0.15) is 40.4 Å². The third kappa shape index (κ3) is 5.57. The highest BCUT2D eigenvalue weighted by Gasteiger charge is 2.38. The molecule has 0 atom stereocenters. The number of aromatic nitrogens is 5. The van der Waals surface area contributed by atoms with Gasteiger partial charge in [0.25, 0.3) is 11.8 Å². The van der Waals surface area contributed by atoms with Crippen molar-refractivity contribution in [2.24, 2.45) is 0 Å². The summed E-state index contributed by atoms with van der Waals surface area (Å²) in [5.74, 6) is -0.904. The Balaban J connectivity index is 1.78. The van der Waals surface area contributed by atoms with Gasteiger partial charge >= 0.3 is 12.0 Å². The number of anilines is 1. The van der Waals surface area contributed by atoms with Crippen molar-refractivity contribution in [2.75, 3.05) is 17.3 Å². The molecule has 0 aliphatic heterocycles. The lowest BCUT2D eigenvalue weighted by Gasteiger charge is -2.26. The second kappa shape index (κ2) is 10.1. The van der Waals surface area contributed by atoms with E-state index in [1.807, 2.05) is 20.1 Å². The predicted octanol–water partition coefficient (Wildman–Crippen LogP) is 4.36. The van der Waals surface area contributed by atoms with Gasteiger partial charge in [-0.05, 0) is 49.4 Å². The van der Waals surface area contributed by atoms with Gasteiger partial charge in [-0.15, -0.1) is 4.68 Å². The van der Waals surface area contributed by atoms with Crippen LogP contribution in [-0.4, -0.2) is 49.6 Å². The van der Waals surface area contributed by atoms with Gasteiger partial charge in [-0.1, -0.05) is 11.6 Å². The second-order valence-corrected chi connectivity index (χ2v) is 10.0. The van der Waals surface area contributed by atoms with Crippen molar-refractivity contribution < 1.29 is 27.4 Å². The van der Waals surface area contributed by atoms with E-state index in [1.165, 1.54) is 30.6 Å². The number of carbonyl (C=O) groups is 2. The summed E-state index contributed by atoms with van der Waals surface area (Å²) in [7, 11) is 0. The number of halogens is 4. The summed E-state index contributed by atoms with van der Waals surface area (Å²) in [5, 5.41) is 15.0. The van der Waals surface area contributed by atoms with Crippen LogP contribution in [0.15, 0.2) is 42.7 Å². The van der Waals surface area contributed by atoms with Crippen LogP contribution in [0.3, 0.4) is 0 Å². The number of pyridine rings is 1. The van der Waals surface area contributed by atoms with Crippen molar-refractivity contribution in [2.45, 2.75) is 25.6 Å². The number of carbonyl (C=O) groups excluding carboxylic acids is 2. The first kappa shape index (κ1) is 26.5. The molecule has 3 heterocycles. The van der Waals surface area contributed by atoms with Gasteiger partial charge in [0.15, 0.2) is 5.69 Å². The molecule has 2 amide bonds. The molecule has 37 heavy (non-hydrogen) atoms. The van der Waals surface area contributed by atoms with Crippen LogP contribution in [0.25, 0.3) is 16.7 Å². The molecule has 194 valence electrons. The van der Waals surface area contributed by atoms with Gasteiger partial charge in [0, 0.05) is 22.7 Å². The number of hydrogen-bond acceptors (Lipinski definition) is 5. The number of amides is 2. The number of hydrogen-bond donors (Lipinski definition) is 4. The molecule has 0 aliphatic rings. The Morgan fingerprint density at radius 3 is 2.62 bits per heavy atom. The summed E-state index contributed by atoms with van der Waals surface area (Å²) < 4.78 is 41.4. The van der Waals surface area contributed by atoms with E-state index in [9.17, 15) is 22.8 Å². The quantitative estimate of drug-likeness (QED) is 0.254. The first-order valence-electron chi connectivity index (χ1n) is 10.8. The topological polar surface area (TPSA) is 119 Å². The van der Waals surface area contributed by atoms with E-state index >= 15 is 0 Å². The summed E-state index contributed by atoms with van der Waals surface area (Å²) >= 11 is 7.69. The van der Waals surface area contributed by atoms with E-state index in [0.29, 0.717) is 22.7 Å². The number of H-pyrrole nitrogens is 2. The molecule has 0 unspecified atom stereocenters. The number of aromatic amines is 2. The molecule has 0 fully saturated rings. The molecule has 4 aromatic rings. The Morgan fingerprint density at radius 1 is 1.19 bits per heavy atom. The van der Waals surface area contributed by atoms with Crippen LogP contribution in [0, 0.1) is 0 Å². The molecular formula is C23H22ClF3N7O2S+. The molecule has 0 aliphatic carbocycles. The number of rotatable bonds is 7. The maximum absolute atomic E-state index is 13.5. The van der Waals surface area contributed by atoms with Crippen molar-refractivity contribution in [3.63, 3.8) is 0 Å². The lowest BCUT2D eigenvalue weighted by atomic mass is 10.0. The van der Waals surface area contributed by atoms with Gasteiger partial charge in [-0.3, -0.25) is 14.7 Å². The van der Waals surface area contributed by atoms with E-state index < -0.39 is 34.9 Å². The van der Waals surface area contributed by atoms with Gasteiger partial charge < -0.3 is 10.6 Å². The zero-order valence-corrected chi connectivity index (χ0v) is 21.4. The summed E-state index contributed by atoms with van der Waals surface area (Å²) in [6, 6.07) is 6.69. The van der Waals surface area contributed by atoms with Crippen LogP contribution in [0.4, 0.5) is 18.9 Å². The monoisotopic (exact) mass is 552 g/mol. The van der Waals surface area contributed by atoms with E-state index in [4.69, 9.17) is 11.6 Å². The van der Waals surface area contributed by atoms with E-state index in [-0.39, 0.29) is 22.1 Å². The van der Waals surface area contributed by atoms with Gasteiger partial charge in [0.05, 0.1) is 23.0 Å². The standard InChI is InChI=1S/C23H21ClF3N7O2S/c1-22(2,11-37-3)31-21(36)17-14(7-6-12-10-29-32-18(12)17)30-20(35)15-9-16(23(25,26)27)33-34(15)19-13(24)5-4-8-28-19/h4-10H,11H2,1-3H3,(H3,29,30,31,32,33,35,36)/p+1. The normalized spacial score (nSPS) is 12.1. The molecule has 0 bridgehead atoms. The lowest BCUT2D eigenvalue weighted by Crippen LogP contribution is -2.46. The highest BCUT2D eigenvalue weighted by atomic mass is 35.5. The molecule has 4 N–H and O–H groups in total. The molecule has 14 heteroatoms.